The Morgan fingerprint density at radius 3 is 2.33 bits per heavy atom. The first kappa shape index (κ1) is 22.9. The van der Waals surface area contributed by atoms with Gasteiger partial charge in [-0.15, -0.1) is 0 Å². The molecular weight excluding hydrogens is 464 g/mol. The number of hydrogen-bond acceptors (Lipinski definition) is 8. The lowest BCUT2D eigenvalue weighted by molar-refractivity contribution is -0.133. The molecule has 5 aromatic rings. The van der Waals surface area contributed by atoms with Crippen molar-refractivity contribution in [2.75, 3.05) is 14.2 Å². The molecule has 8 heteroatoms. The Balaban J connectivity index is 1.49. The van der Waals surface area contributed by atoms with Crippen molar-refractivity contribution in [2.45, 2.75) is 6.42 Å². The third-order valence-corrected chi connectivity index (χ3v) is 5.69. The minimum Gasteiger partial charge on any atom is -0.497 e. The van der Waals surface area contributed by atoms with Crippen LogP contribution in [-0.4, -0.2) is 20.2 Å². The summed E-state index contributed by atoms with van der Waals surface area (Å²) < 4.78 is 26.7. The summed E-state index contributed by atoms with van der Waals surface area (Å²) in [6.07, 6.45) is 0.0492. The van der Waals surface area contributed by atoms with Crippen molar-refractivity contribution in [1.29, 1.82) is 0 Å². The molecule has 0 bridgehead atoms. The maximum atomic E-state index is 12.9. The molecule has 0 aliphatic heterocycles. The second-order valence-corrected chi connectivity index (χ2v) is 7.96. The molecule has 0 saturated carbocycles. The summed E-state index contributed by atoms with van der Waals surface area (Å²) in [5, 5.41) is 1.12. The molecule has 0 spiro atoms. The molecule has 0 atom stereocenters. The summed E-state index contributed by atoms with van der Waals surface area (Å²) in [6.45, 7) is 0. The van der Waals surface area contributed by atoms with Crippen molar-refractivity contribution in [2.24, 2.45) is 0 Å². The van der Waals surface area contributed by atoms with Gasteiger partial charge in [-0.2, -0.15) is 0 Å². The average molecular weight is 484 g/mol. The van der Waals surface area contributed by atoms with Crippen LogP contribution < -0.4 is 25.5 Å². The van der Waals surface area contributed by atoms with Gasteiger partial charge in [0.05, 0.1) is 26.2 Å². The van der Waals surface area contributed by atoms with Crippen LogP contribution >= 0.6 is 0 Å². The molecule has 0 fully saturated rings. The molecule has 0 unspecified atom stereocenters. The lowest BCUT2D eigenvalue weighted by Crippen LogP contribution is -2.11. The van der Waals surface area contributed by atoms with Crippen molar-refractivity contribution < 1.29 is 27.8 Å². The number of ether oxygens (including phenoxy) is 3. The summed E-state index contributed by atoms with van der Waals surface area (Å²) in [7, 11) is 3.05. The number of esters is 1. The molecule has 2 aromatic heterocycles. The van der Waals surface area contributed by atoms with Gasteiger partial charge in [-0.1, -0.05) is 24.3 Å². The van der Waals surface area contributed by atoms with Gasteiger partial charge in [0.25, 0.3) is 0 Å². The highest BCUT2D eigenvalue weighted by atomic mass is 16.5. The SMILES string of the molecule is COc1ccc(CC(=O)Oc2ccc3c(-c4cc5cccc(OC)c5oc4=O)cc(=O)oc3c2)cc1. The van der Waals surface area contributed by atoms with Crippen LogP contribution in [0.3, 0.4) is 0 Å². The van der Waals surface area contributed by atoms with Gasteiger partial charge in [-0.25, -0.2) is 9.59 Å². The molecule has 3 aromatic carbocycles. The van der Waals surface area contributed by atoms with E-state index in [4.69, 9.17) is 23.0 Å². The molecule has 0 saturated heterocycles. The first-order valence-corrected chi connectivity index (χ1v) is 11.0. The van der Waals surface area contributed by atoms with Crippen molar-refractivity contribution >= 4 is 27.9 Å². The molecule has 0 aliphatic carbocycles. The lowest BCUT2D eigenvalue weighted by Gasteiger charge is -2.09. The van der Waals surface area contributed by atoms with Gasteiger partial charge >= 0.3 is 17.2 Å². The third kappa shape index (κ3) is 4.44. The van der Waals surface area contributed by atoms with Crippen LogP contribution in [0.15, 0.2) is 91.2 Å². The summed E-state index contributed by atoms with van der Waals surface area (Å²) in [6, 6.07) is 19.8. The first-order valence-electron chi connectivity index (χ1n) is 11.0. The van der Waals surface area contributed by atoms with Gasteiger partial charge in [-0.05, 0) is 42.0 Å². The van der Waals surface area contributed by atoms with Gasteiger partial charge in [-0.3, -0.25) is 4.79 Å². The predicted molar refractivity (Wildman–Crippen MR) is 133 cm³/mol. The highest BCUT2D eigenvalue weighted by Gasteiger charge is 2.16. The number of fused-ring (bicyclic) bond motifs is 2. The number of benzene rings is 3. The Morgan fingerprint density at radius 1 is 0.806 bits per heavy atom. The van der Waals surface area contributed by atoms with E-state index in [0.29, 0.717) is 33.4 Å². The van der Waals surface area contributed by atoms with E-state index in [0.717, 1.165) is 5.56 Å². The van der Waals surface area contributed by atoms with E-state index in [1.165, 1.54) is 19.2 Å². The van der Waals surface area contributed by atoms with Crippen molar-refractivity contribution in [1.82, 2.24) is 0 Å². The minimum atomic E-state index is -0.663. The molecule has 36 heavy (non-hydrogen) atoms. The van der Waals surface area contributed by atoms with Crippen LogP contribution in [0.1, 0.15) is 5.56 Å². The van der Waals surface area contributed by atoms with Crippen LogP contribution in [0.4, 0.5) is 0 Å². The third-order valence-electron chi connectivity index (χ3n) is 5.69. The molecule has 8 nitrogen and oxygen atoms in total. The van der Waals surface area contributed by atoms with Gasteiger partial charge in [0, 0.05) is 28.5 Å². The second-order valence-electron chi connectivity index (χ2n) is 7.96. The van der Waals surface area contributed by atoms with Gasteiger partial charge in [0.2, 0.25) is 0 Å². The number of carbonyl (C=O) groups is 1. The molecule has 0 N–H and O–H groups in total. The molecule has 0 radical (unpaired) electrons. The van der Waals surface area contributed by atoms with E-state index in [2.05, 4.69) is 0 Å². The van der Waals surface area contributed by atoms with Crippen LogP contribution in [0, 0.1) is 0 Å². The maximum absolute atomic E-state index is 12.9. The van der Waals surface area contributed by atoms with Crippen LogP contribution in [-0.2, 0) is 11.2 Å². The number of carbonyl (C=O) groups excluding carboxylic acids is 1. The Bertz CT molecular complexity index is 1710. The predicted octanol–water partition coefficient (Wildman–Crippen LogP) is 4.73. The Morgan fingerprint density at radius 2 is 1.58 bits per heavy atom. The zero-order valence-corrected chi connectivity index (χ0v) is 19.4. The van der Waals surface area contributed by atoms with Crippen molar-refractivity contribution in [3.8, 4) is 28.4 Å². The van der Waals surface area contributed by atoms with E-state index in [1.54, 1.807) is 67.8 Å². The lowest BCUT2D eigenvalue weighted by atomic mass is 10.0. The molecule has 0 amide bonds. The summed E-state index contributed by atoms with van der Waals surface area (Å²) in [4.78, 5) is 37.6. The molecule has 5 rings (SSSR count). The largest absolute Gasteiger partial charge is 0.497 e. The van der Waals surface area contributed by atoms with E-state index >= 15 is 0 Å². The summed E-state index contributed by atoms with van der Waals surface area (Å²) in [5.74, 6) is 0.834. The van der Waals surface area contributed by atoms with E-state index in [-0.39, 0.29) is 23.3 Å². The standard InChI is InChI=1S/C28H20O8/c1-32-18-8-6-16(7-9-18)12-25(29)34-19-10-11-20-21(15-26(30)35-24(20)14-19)22-13-17-4-3-5-23(33-2)27(17)36-28(22)31/h3-11,13-15H,12H2,1-2H3. The second kappa shape index (κ2) is 9.42. The van der Waals surface area contributed by atoms with Crippen molar-refractivity contribution in [3.63, 3.8) is 0 Å². The van der Waals surface area contributed by atoms with Crippen LogP contribution in [0.2, 0.25) is 0 Å². The molecular formula is C28H20O8. The number of rotatable bonds is 6. The van der Waals surface area contributed by atoms with E-state index in [9.17, 15) is 14.4 Å². The Hall–Kier alpha value is -4.85. The van der Waals surface area contributed by atoms with Crippen molar-refractivity contribution in [3.05, 3.63) is 99.2 Å². The monoisotopic (exact) mass is 484 g/mol. The van der Waals surface area contributed by atoms with Crippen LogP contribution in [0.25, 0.3) is 33.1 Å². The fourth-order valence-corrected chi connectivity index (χ4v) is 3.97. The van der Waals surface area contributed by atoms with E-state index in [1.807, 2.05) is 0 Å². The zero-order chi connectivity index (χ0) is 25.2. The fourth-order valence-electron chi connectivity index (χ4n) is 3.97. The van der Waals surface area contributed by atoms with Gasteiger partial charge in [0.1, 0.15) is 17.1 Å². The molecule has 0 aliphatic rings. The fraction of sp³-hybridized carbons (Fsp3) is 0.107. The minimum absolute atomic E-state index is 0.0492. The Labute approximate surface area is 204 Å². The highest BCUT2D eigenvalue weighted by molar-refractivity contribution is 5.96. The molecule has 180 valence electrons. The average Bonchev–Trinajstić information content (AvgIpc) is 2.87. The first-order chi connectivity index (χ1) is 17.4. The smallest absolute Gasteiger partial charge is 0.344 e. The Kier molecular flexibility index (Phi) is 6.00. The number of hydrogen-bond donors (Lipinski definition) is 0. The van der Waals surface area contributed by atoms with Gasteiger partial charge in [0.15, 0.2) is 11.3 Å². The molecule has 2 heterocycles. The van der Waals surface area contributed by atoms with Gasteiger partial charge < -0.3 is 23.0 Å². The van der Waals surface area contributed by atoms with Crippen LogP contribution in [0.5, 0.6) is 17.2 Å². The summed E-state index contributed by atoms with van der Waals surface area (Å²) >= 11 is 0. The quantitative estimate of drug-likeness (QED) is 0.193. The highest BCUT2D eigenvalue weighted by Crippen LogP contribution is 2.31. The number of methoxy groups -OCH3 is 2. The number of para-hydroxylation sites is 1. The maximum Gasteiger partial charge on any atom is 0.344 e. The topological polar surface area (TPSA) is 105 Å². The normalized spacial score (nSPS) is 10.9. The summed E-state index contributed by atoms with van der Waals surface area (Å²) in [5.41, 5.74) is 0.478. The zero-order valence-electron chi connectivity index (χ0n) is 19.4. The van der Waals surface area contributed by atoms with E-state index < -0.39 is 17.2 Å².